The lowest BCUT2D eigenvalue weighted by Gasteiger charge is -2.30. The largest absolute Gasteiger partial charge is 0.508 e. The number of rotatable bonds is 4. The van der Waals surface area contributed by atoms with E-state index < -0.39 is 0 Å². The molecule has 1 aliphatic rings. The lowest BCUT2D eigenvalue weighted by atomic mass is 9.94. The molecule has 0 saturated carbocycles. The van der Waals surface area contributed by atoms with E-state index in [1.165, 1.54) is 24.6 Å². The summed E-state index contributed by atoms with van der Waals surface area (Å²) >= 11 is 0. The summed E-state index contributed by atoms with van der Waals surface area (Å²) in [6.07, 6.45) is 3.50. The molecule has 0 radical (unpaired) electrons. The highest BCUT2D eigenvalue weighted by atomic mass is 16.3. The van der Waals surface area contributed by atoms with Crippen LogP contribution in [0.15, 0.2) is 18.2 Å². The van der Waals surface area contributed by atoms with Crippen molar-refractivity contribution in [2.24, 2.45) is 5.92 Å². The lowest BCUT2D eigenvalue weighted by molar-refractivity contribution is 0.0892. The fourth-order valence-corrected chi connectivity index (χ4v) is 2.60. The van der Waals surface area contributed by atoms with Crippen LogP contribution >= 0.6 is 0 Å². The Labute approximate surface area is 113 Å². The third-order valence-corrected chi connectivity index (χ3v) is 3.93. The van der Waals surface area contributed by atoms with Gasteiger partial charge in [-0.05, 0) is 44.0 Å². The highest BCUT2D eigenvalue weighted by Crippen LogP contribution is 2.24. The van der Waals surface area contributed by atoms with Crippen LogP contribution in [0.3, 0.4) is 0 Å². The van der Waals surface area contributed by atoms with Crippen molar-refractivity contribution >= 4 is 5.78 Å². The van der Waals surface area contributed by atoms with Crippen LogP contribution in [0.2, 0.25) is 0 Å². The minimum atomic E-state index is -0.145. The molecule has 1 aliphatic heterocycles. The zero-order chi connectivity index (χ0) is 13.8. The van der Waals surface area contributed by atoms with E-state index in [2.05, 4.69) is 11.8 Å². The minimum Gasteiger partial charge on any atom is -0.508 e. The summed E-state index contributed by atoms with van der Waals surface area (Å²) in [6, 6.07) is 4.11. The number of piperidine rings is 1. The van der Waals surface area contributed by atoms with Gasteiger partial charge in [0, 0.05) is 6.07 Å². The Kier molecular flexibility index (Phi) is 4.43. The Balaban J connectivity index is 1.94. The van der Waals surface area contributed by atoms with E-state index in [1.54, 1.807) is 0 Å². The molecule has 2 rings (SSSR count). The fraction of sp³-hybridized carbons (Fsp3) is 0.533. The first-order chi connectivity index (χ1) is 9.10. The van der Waals surface area contributed by atoms with Crippen LogP contribution in [-0.4, -0.2) is 40.5 Å². The number of hydrogen-bond donors (Lipinski definition) is 2. The summed E-state index contributed by atoms with van der Waals surface area (Å²) < 4.78 is 0. The maximum absolute atomic E-state index is 12.1. The third-order valence-electron chi connectivity index (χ3n) is 3.93. The van der Waals surface area contributed by atoms with Crippen molar-refractivity contribution in [3.8, 4) is 11.5 Å². The second-order valence-electron chi connectivity index (χ2n) is 5.25. The molecule has 0 bridgehead atoms. The number of Topliss-reactive ketones (excluding diaryl/α,β-unsaturated/α-hetero) is 1. The van der Waals surface area contributed by atoms with E-state index in [0.717, 1.165) is 31.8 Å². The van der Waals surface area contributed by atoms with Crippen LogP contribution in [-0.2, 0) is 0 Å². The van der Waals surface area contributed by atoms with Gasteiger partial charge in [0.1, 0.15) is 11.5 Å². The lowest BCUT2D eigenvalue weighted by Crippen LogP contribution is -2.37. The number of aromatic hydroxyl groups is 2. The second kappa shape index (κ2) is 6.06. The summed E-state index contributed by atoms with van der Waals surface area (Å²) in [5.74, 6) is 0.520. The highest BCUT2D eigenvalue weighted by Gasteiger charge is 2.21. The summed E-state index contributed by atoms with van der Waals surface area (Å²) in [7, 11) is 0. The van der Waals surface area contributed by atoms with Crippen LogP contribution in [0, 0.1) is 5.92 Å². The molecule has 1 fully saturated rings. The van der Waals surface area contributed by atoms with Crippen LogP contribution < -0.4 is 0 Å². The maximum Gasteiger partial charge on any atom is 0.180 e. The van der Waals surface area contributed by atoms with Gasteiger partial charge in [0.2, 0.25) is 0 Å². The quantitative estimate of drug-likeness (QED) is 0.819. The summed E-state index contributed by atoms with van der Waals surface area (Å²) in [4.78, 5) is 14.3. The molecule has 104 valence electrons. The molecule has 2 N–H and O–H groups in total. The number of phenols is 2. The first kappa shape index (κ1) is 13.9. The van der Waals surface area contributed by atoms with Gasteiger partial charge in [0.05, 0.1) is 12.1 Å². The van der Waals surface area contributed by atoms with Crippen molar-refractivity contribution < 1.29 is 15.0 Å². The van der Waals surface area contributed by atoms with Crippen molar-refractivity contribution in [3.63, 3.8) is 0 Å². The van der Waals surface area contributed by atoms with Gasteiger partial charge in [0.15, 0.2) is 5.78 Å². The van der Waals surface area contributed by atoms with Gasteiger partial charge in [-0.2, -0.15) is 0 Å². The van der Waals surface area contributed by atoms with E-state index in [4.69, 9.17) is 0 Å². The Bertz CT molecular complexity index is 451. The second-order valence-corrected chi connectivity index (χ2v) is 5.25. The number of likely N-dealkylation sites (tertiary alicyclic amines) is 1. The summed E-state index contributed by atoms with van der Waals surface area (Å²) in [5.41, 5.74) is 0.287. The van der Waals surface area contributed by atoms with Gasteiger partial charge >= 0.3 is 0 Å². The zero-order valence-electron chi connectivity index (χ0n) is 11.3. The first-order valence-electron chi connectivity index (χ1n) is 6.87. The molecular weight excluding hydrogens is 242 g/mol. The number of carbonyl (C=O) groups excluding carboxylic acids is 1. The average molecular weight is 263 g/mol. The van der Waals surface area contributed by atoms with E-state index in [-0.39, 0.29) is 22.8 Å². The standard InChI is InChI=1S/C15H21NO3/c1-2-11-5-7-16(8-6-11)10-15(19)13-4-3-12(17)9-14(13)18/h3-4,9,11,17-18H,2,5-8,10H2,1H3. The topological polar surface area (TPSA) is 60.8 Å². The molecule has 4 heteroatoms. The average Bonchev–Trinajstić information content (AvgIpc) is 2.39. The Morgan fingerprint density at radius 3 is 2.58 bits per heavy atom. The number of carbonyl (C=O) groups is 1. The fourth-order valence-electron chi connectivity index (χ4n) is 2.60. The van der Waals surface area contributed by atoms with Gasteiger partial charge < -0.3 is 10.2 Å². The maximum atomic E-state index is 12.1. The number of ketones is 1. The van der Waals surface area contributed by atoms with Gasteiger partial charge in [-0.3, -0.25) is 9.69 Å². The van der Waals surface area contributed by atoms with E-state index in [1.807, 2.05) is 0 Å². The number of benzene rings is 1. The molecule has 0 unspecified atom stereocenters. The number of hydrogen-bond acceptors (Lipinski definition) is 4. The molecule has 0 atom stereocenters. The predicted octanol–water partition coefficient (Wildman–Crippen LogP) is 2.40. The van der Waals surface area contributed by atoms with Gasteiger partial charge in [0.25, 0.3) is 0 Å². The molecule has 1 heterocycles. The van der Waals surface area contributed by atoms with Crippen molar-refractivity contribution in [1.29, 1.82) is 0 Å². The number of nitrogens with zero attached hydrogens (tertiary/aromatic N) is 1. The first-order valence-corrected chi connectivity index (χ1v) is 6.87. The molecule has 0 aromatic heterocycles. The van der Waals surface area contributed by atoms with Crippen LogP contribution in [0.4, 0.5) is 0 Å². The monoisotopic (exact) mass is 263 g/mol. The van der Waals surface area contributed by atoms with Crippen LogP contribution in [0.25, 0.3) is 0 Å². The van der Waals surface area contributed by atoms with Gasteiger partial charge in [-0.15, -0.1) is 0 Å². The summed E-state index contributed by atoms with van der Waals surface area (Å²) in [5, 5.41) is 18.9. The van der Waals surface area contributed by atoms with Crippen molar-refractivity contribution in [2.45, 2.75) is 26.2 Å². The normalized spacial score (nSPS) is 17.5. The zero-order valence-corrected chi connectivity index (χ0v) is 11.3. The molecule has 19 heavy (non-hydrogen) atoms. The smallest absolute Gasteiger partial charge is 0.180 e. The minimum absolute atomic E-state index is 0.0298. The van der Waals surface area contributed by atoms with E-state index in [0.29, 0.717) is 6.54 Å². The Hall–Kier alpha value is -1.55. The molecule has 4 nitrogen and oxygen atoms in total. The number of phenolic OH excluding ortho intramolecular Hbond substituents is 2. The SMILES string of the molecule is CCC1CCN(CC(=O)c2ccc(O)cc2O)CC1. The molecule has 0 spiro atoms. The van der Waals surface area contributed by atoms with Crippen molar-refractivity contribution in [1.82, 2.24) is 4.90 Å². The van der Waals surface area contributed by atoms with Crippen LogP contribution in [0.5, 0.6) is 11.5 Å². The van der Waals surface area contributed by atoms with Crippen molar-refractivity contribution in [2.75, 3.05) is 19.6 Å². The molecule has 1 saturated heterocycles. The molecular formula is C15H21NO3. The van der Waals surface area contributed by atoms with Crippen molar-refractivity contribution in [3.05, 3.63) is 23.8 Å². The Morgan fingerprint density at radius 2 is 2.00 bits per heavy atom. The van der Waals surface area contributed by atoms with E-state index in [9.17, 15) is 15.0 Å². The Morgan fingerprint density at radius 1 is 1.32 bits per heavy atom. The predicted molar refractivity (Wildman–Crippen MR) is 73.6 cm³/mol. The van der Waals surface area contributed by atoms with Gasteiger partial charge in [-0.25, -0.2) is 0 Å². The summed E-state index contributed by atoms with van der Waals surface area (Å²) in [6.45, 7) is 4.45. The third kappa shape index (κ3) is 3.47. The van der Waals surface area contributed by atoms with Gasteiger partial charge in [-0.1, -0.05) is 13.3 Å². The molecule has 1 aromatic carbocycles. The molecule has 0 amide bonds. The highest BCUT2D eigenvalue weighted by molar-refractivity contribution is 6.00. The molecule has 1 aromatic rings. The van der Waals surface area contributed by atoms with E-state index >= 15 is 0 Å². The molecule has 0 aliphatic carbocycles. The van der Waals surface area contributed by atoms with Crippen LogP contribution in [0.1, 0.15) is 36.5 Å².